The molecule has 0 radical (unpaired) electrons. The minimum absolute atomic E-state index is 0.423. The van der Waals surface area contributed by atoms with Gasteiger partial charge in [-0.05, 0) is 36.8 Å². The molecule has 0 amide bonds. The number of nitrogens with one attached hydrogen (secondary N) is 1. The van der Waals surface area contributed by atoms with E-state index in [1.54, 1.807) is 12.3 Å². The van der Waals surface area contributed by atoms with Crippen LogP contribution in [-0.4, -0.2) is 23.4 Å². The van der Waals surface area contributed by atoms with Gasteiger partial charge in [-0.1, -0.05) is 0 Å². The van der Waals surface area contributed by atoms with Gasteiger partial charge in [0.05, 0.1) is 5.69 Å². The zero-order chi connectivity index (χ0) is 13.9. The maximum Gasteiger partial charge on any atom is 0.182 e. The van der Waals surface area contributed by atoms with E-state index in [0.717, 1.165) is 28.3 Å². The van der Waals surface area contributed by atoms with Gasteiger partial charge in [0.15, 0.2) is 23.5 Å². The third kappa shape index (κ3) is 2.21. The Kier molecular flexibility index (Phi) is 3.09. The highest BCUT2D eigenvalue weighted by molar-refractivity contribution is 5.68. The number of hydrogen-bond acceptors (Lipinski definition) is 6. The molecule has 0 aliphatic carbocycles. The molecule has 1 aliphatic heterocycles. The number of benzene rings is 1. The van der Waals surface area contributed by atoms with Crippen molar-refractivity contribution in [2.45, 2.75) is 6.92 Å². The van der Waals surface area contributed by atoms with E-state index in [4.69, 9.17) is 14.7 Å². The first kappa shape index (κ1) is 12.2. The summed E-state index contributed by atoms with van der Waals surface area (Å²) in [6.45, 7) is 3.10. The Hall–Kier alpha value is -2.81. The number of anilines is 1. The van der Waals surface area contributed by atoms with Gasteiger partial charge in [-0.15, -0.1) is 10.2 Å². The van der Waals surface area contributed by atoms with Crippen LogP contribution in [0.25, 0.3) is 11.3 Å². The van der Waals surface area contributed by atoms with E-state index in [1.165, 1.54) is 0 Å². The molecule has 2 heterocycles. The second-order valence-electron chi connectivity index (χ2n) is 4.35. The third-order valence-electron chi connectivity index (χ3n) is 3.01. The van der Waals surface area contributed by atoms with E-state index in [0.29, 0.717) is 19.0 Å². The molecule has 0 unspecified atom stereocenters. The standard InChI is InChI=1S/C14H12N4O2/c1-9-6-12-13(20-5-4-19-12)7-10(9)11-2-3-14(16-8-15)18-17-11/h2-3,6-7H,4-5H2,1H3,(H,16,18). The van der Waals surface area contributed by atoms with E-state index < -0.39 is 0 Å². The van der Waals surface area contributed by atoms with Crippen LogP contribution in [0.3, 0.4) is 0 Å². The maximum absolute atomic E-state index is 8.52. The lowest BCUT2D eigenvalue weighted by Crippen LogP contribution is -2.15. The fraction of sp³-hybridized carbons (Fsp3) is 0.214. The zero-order valence-corrected chi connectivity index (χ0v) is 10.9. The summed E-state index contributed by atoms with van der Waals surface area (Å²) < 4.78 is 11.1. The van der Waals surface area contributed by atoms with Crippen molar-refractivity contribution in [1.82, 2.24) is 10.2 Å². The minimum Gasteiger partial charge on any atom is -0.486 e. The van der Waals surface area contributed by atoms with Gasteiger partial charge in [-0.2, -0.15) is 5.26 Å². The van der Waals surface area contributed by atoms with E-state index in [1.807, 2.05) is 25.1 Å². The van der Waals surface area contributed by atoms with Gasteiger partial charge in [0, 0.05) is 5.56 Å². The predicted molar refractivity (Wildman–Crippen MR) is 72.4 cm³/mol. The van der Waals surface area contributed by atoms with Crippen LogP contribution in [0.5, 0.6) is 11.5 Å². The lowest BCUT2D eigenvalue weighted by molar-refractivity contribution is 0.171. The molecule has 1 N–H and O–H groups in total. The Morgan fingerprint density at radius 3 is 2.55 bits per heavy atom. The number of aryl methyl sites for hydroxylation is 1. The Morgan fingerprint density at radius 2 is 1.90 bits per heavy atom. The van der Waals surface area contributed by atoms with Crippen molar-refractivity contribution in [1.29, 1.82) is 5.26 Å². The van der Waals surface area contributed by atoms with Crippen molar-refractivity contribution in [3.63, 3.8) is 0 Å². The number of aromatic nitrogens is 2. The van der Waals surface area contributed by atoms with Crippen molar-refractivity contribution in [2.75, 3.05) is 18.5 Å². The molecule has 0 bridgehead atoms. The Morgan fingerprint density at radius 1 is 1.15 bits per heavy atom. The summed E-state index contributed by atoms with van der Waals surface area (Å²) in [5, 5.41) is 19.0. The lowest BCUT2D eigenvalue weighted by atomic mass is 10.0. The molecule has 0 atom stereocenters. The van der Waals surface area contributed by atoms with Gasteiger partial charge in [0.25, 0.3) is 0 Å². The van der Waals surface area contributed by atoms with Gasteiger partial charge in [-0.25, -0.2) is 0 Å². The Balaban J connectivity index is 1.99. The molecule has 0 saturated carbocycles. The van der Waals surface area contributed by atoms with Gasteiger partial charge >= 0.3 is 0 Å². The van der Waals surface area contributed by atoms with Crippen molar-refractivity contribution < 1.29 is 9.47 Å². The summed E-state index contributed by atoms with van der Waals surface area (Å²) in [5.41, 5.74) is 2.69. The average Bonchev–Trinajstić information content (AvgIpc) is 2.48. The van der Waals surface area contributed by atoms with E-state index in [-0.39, 0.29) is 0 Å². The normalized spacial score (nSPS) is 12.6. The number of hydrogen-bond donors (Lipinski definition) is 1. The molecular weight excluding hydrogens is 256 g/mol. The molecule has 20 heavy (non-hydrogen) atoms. The summed E-state index contributed by atoms with van der Waals surface area (Å²) in [6.07, 6.45) is 1.81. The highest BCUT2D eigenvalue weighted by atomic mass is 16.6. The third-order valence-corrected chi connectivity index (χ3v) is 3.01. The molecule has 0 saturated heterocycles. The molecule has 0 spiro atoms. The van der Waals surface area contributed by atoms with E-state index in [2.05, 4.69) is 15.5 Å². The van der Waals surface area contributed by atoms with Crippen molar-refractivity contribution >= 4 is 5.82 Å². The molecule has 0 fully saturated rings. The molecule has 2 aromatic rings. The fourth-order valence-corrected chi connectivity index (χ4v) is 2.07. The first-order chi connectivity index (χ1) is 9.78. The molecule has 1 aromatic heterocycles. The van der Waals surface area contributed by atoms with Crippen molar-refractivity contribution in [3.8, 4) is 28.9 Å². The SMILES string of the molecule is Cc1cc2c(cc1-c1ccc(NC#N)nn1)OCCO2. The summed E-state index contributed by atoms with van der Waals surface area (Å²) in [6, 6.07) is 7.37. The number of rotatable bonds is 2. The summed E-state index contributed by atoms with van der Waals surface area (Å²) in [5.74, 6) is 1.90. The van der Waals surface area contributed by atoms with Crippen LogP contribution in [0.4, 0.5) is 5.82 Å². The Labute approximate surface area is 116 Å². The predicted octanol–water partition coefficient (Wildman–Crippen LogP) is 2.12. The van der Waals surface area contributed by atoms with E-state index in [9.17, 15) is 0 Å². The van der Waals surface area contributed by atoms with Crippen LogP contribution in [0, 0.1) is 18.4 Å². The number of ether oxygens (including phenoxy) is 2. The molecule has 1 aliphatic rings. The Bertz CT molecular complexity index is 677. The number of nitriles is 1. The van der Waals surface area contributed by atoms with Crippen LogP contribution in [0.2, 0.25) is 0 Å². The summed E-state index contributed by atoms with van der Waals surface area (Å²) >= 11 is 0. The molecule has 6 nitrogen and oxygen atoms in total. The second-order valence-corrected chi connectivity index (χ2v) is 4.35. The highest BCUT2D eigenvalue weighted by Crippen LogP contribution is 2.36. The molecule has 1 aromatic carbocycles. The van der Waals surface area contributed by atoms with Crippen LogP contribution >= 0.6 is 0 Å². The molecule has 3 rings (SSSR count). The lowest BCUT2D eigenvalue weighted by Gasteiger charge is -2.20. The van der Waals surface area contributed by atoms with E-state index >= 15 is 0 Å². The van der Waals surface area contributed by atoms with Gasteiger partial charge < -0.3 is 9.47 Å². The number of fused-ring (bicyclic) bond motifs is 1. The first-order valence-corrected chi connectivity index (χ1v) is 6.17. The quantitative estimate of drug-likeness (QED) is 0.663. The van der Waals surface area contributed by atoms with Gasteiger partial charge in [-0.3, -0.25) is 5.32 Å². The topological polar surface area (TPSA) is 80.1 Å². The van der Waals surface area contributed by atoms with Crippen LogP contribution in [0.15, 0.2) is 24.3 Å². The minimum atomic E-state index is 0.423. The van der Waals surface area contributed by atoms with Crippen molar-refractivity contribution in [2.24, 2.45) is 0 Å². The molecular formula is C14H12N4O2. The average molecular weight is 268 g/mol. The monoisotopic (exact) mass is 268 g/mol. The number of nitrogens with zero attached hydrogens (tertiary/aromatic N) is 3. The summed E-state index contributed by atoms with van der Waals surface area (Å²) in [7, 11) is 0. The van der Waals surface area contributed by atoms with Crippen LogP contribution < -0.4 is 14.8 Å². The second kappa shape index (κ2) is 5.05. The first-order valence-electron chi connectivity index (χ1n) is 6.17. The fourth-order valence-electron chi connectivity index (χ4n) is 2.07. The van der Waals surface area contributed by atoms with Gasteiger partial charge in [0.2, 0.25) is 0 Å². The molecule has 6 heteroatoms. The largest absolute Gasteiger partial charge is 0.486 e. The highest BCUT2D eigenvalue weighted by Gasteiger charge is 2.15. The molecule has 100 valence electrons. The zero-order valence-electron chi connectivity index (χ0n) is 10.9. The van der Waals surface area contributed by atoms with Crippen LogP contribution in [-0.2, 0) is 0 Å². The smallest absolute Gasteiger partial charge is 0.182 e. The summed E-state index contributed by atoms with van der Waals surface area (Å²) in [4.78, 5) is 0. The maximum atomic E-state index is 8.52. The van der Waals surface area contributed by atoms with Gasteiger partial charge in [0.1, 0.15) is 13.2 Å². The van der Waals surface area contributed by atoms with Crippen LogP contribution in [0.1, 0.15) is 5.56 Å². The van der Waals surface area contributed by atoms with Crippen molar-refractivity contribution in [3.05, 3.63) is 29.8 Å².